The summed E-state index contributed by atoms with van der Waals surface area (Å²) in [5.74, 6) is -1.01. The molecule has 0 saturated carbocycles. The Hall–Kier alpha value is -3.81. The van der Waals surface area contributed by atoms with Gasteiger partial charge in [-0.05, 0) is 42.3 Å². The lowest BCUT2D eigenvalue weighted by molar-refractivity contribution is -0.129. The lowest BCUT2D eigenvalue weighted by atomic mass is 9.83. The van der Waals surface area contributed by atoms with Crippen molar-refractivity contribution in [2.45, 2.75) is 25.9 Å². The van der Waals surface area contributed by atoms with E-state index in [-0.39, 0.29) is 17.6 Å². The third-order valence-electron chi connectivity index (χ3n) is 5.61. The number of guanidine groups is 1. The molecule has 4 rings (SSSR count). The van der Waals surface area contributed by atoms with Crippen molar-refractivity contribution in [3.05, 3.63) is 77.6 Å². The van der Waals surface area contributed by atoms with Crippen molar-refractivity contribution in [2.24, 2.45) is 10.7 Å². The highest BCUT2D eigenvalue weighted by Crippen LogP contribution is 2.41. The van der Waals surface area contributed by atoms with Crippen LogP contribution in [-0.4, -0.2) is 39.1 Å². The molecule has 1 atom stereocenters. The van der Waals surface area contributed by atoms with Crippen LogP contribution in [0.5, 0.6) is 0 Å². The Kier molecular flexibility index (Phi) is 4.93. The SMILES string of the molecule is CCn1cc(C2(c3cccc(-c4cccnc4F)c3)N=C(N)N(C)C2=O)cc1C(C)=O. The Labute approximate surface area is 179 Å². The Morgan fingerprint density at radius 3 is 2.55 bits per heavy atom. The third-order valence-corrected chi connectivity index (χ3v) is 5.61. The van der Waals surface area contributed by atoms with Crippen molar-refractivity contribution in [1.82, 2.24) is 14.5 Å². The summed E-state index contributed by atoms with van der Waals surface area (Å²) >= 11 is 0. The number of nitrogens with zero attached hydrogens (tertiary/aromatic N) is 4. The molecule has 1 aliphatic rings. The van der Waals surface area contributed by atoms with Crippen molar-refractivity contribution < 1.29 is 14.0 Å². The molecule has 1 amide bonds. The van der Waals surface area contributed by atoms with Crippen molar-refractivity contribution in [2.75, 3.05) is 7.05 Å². The predicted molar refractivity (Wildman–Crippen MR) is 115 cm³/mol. The van der Waals surface area contributed by atoms with Gasteiger partial charge in [-0.25, -0.2) is 9.98 Å². The smallest absolute Gasteiger partial charge is 0.266 e. The Bertz CT molecular complexity index is 1230. The van der Waals surface area contributed by atoms with Gasteiger partial charge >= 0.3 is 0 Å². The molecule has 1 aliphatic heterocycles. The van der Waals surface area contributed by atoms with Crippen LogP contribution in [0.3, 0.4) is 0 Å². The second kappa shape index (κ2) is 7.46. The van der Waals surface area contributed by atoms with E-state index in [1.807, 2.05) is 6.92 Å². The lowest BCUT2D eigenvalue weighted by Crippen LogP contribution is -2.41. The molecule has 7 nitrogen and oxygen atoms in total. The van der Waals surface area contributed by atoms with E-state index in [2.05, 4.69) is 9.98 Å². The lowest BCUT2D eigenvalue weighted by Gasteiger charge is -2.25. The predicted octanol–water partition coefficient (Wildman–Crippen LogP) is 2.94. The number of nitrogens with two attached hydrogens (primary N) is 1. The number of carbonyl (C=O) groups excluding carboxylic acids is 2. The molecular formula is C23H22FN5O2. The maximum absolute atomic E-state index is 14.3. The summed E-state index contributed by atoms with van der Waals surface area (Å²) in [7, 11) is 1.55. The van der Waals surface area contributed by atoms with Crippen LogP contribution in [0.4, 0.5) is 4.39 Å². The van der Waals surface area contributed by atoms with Gasteiger partial charge in [0.25, 0.3) is 5.91 Å². The van der Waals surface area contributed by atoms with Crippen LogP contribution < -0.4 is 5.73 Å². The number of carbonyl (C=O) groups is 2. The van der Waals surface area contributed by atoms with Gasteiger partial charge in [-0.2, -0.15) is 4.39 Å². The minimum atomic E-state index is -1.47. The monoisotopic (exact) mass is 419 g/mol. The Morgan fingerprint density at radius 1 is 1.19 bits per heavy atom. The summed E-state index contributed by atoms with van der Waals surface area (Å²) in [4.78, 5) is 35.2. The van der Waals surface area contributed by atoms with Crippen molar-refractivity contribution >= 4 is 17.6 Å². The molecule has 8 heteroatoms. The number of pyridine rings is 1. The molecule has 3 aromatic rings. The standard InChI is InChI=1S/C23H22FN5O2/c1-4-29-13-17(12-19(29)14(2)30)23(21(31)28(3)22(25)27-23)16-8-5-7-15(11-16)18-9-6-10-26-20(18)24/h5-13H,4H2,1-3H3,(H2,25,27). The number of halogens is 1. The van der Waals surface area contributed by atoms with Gasteiger partial charge in [0.05, 0.1) is 5.69 Å². The van der Waals surface area contributed by atoms with E-state index < -0.39 is 11.5 Å². The first-order valence-electron chi connectivity index (χ1n) is 9.86. The van der Waals surface area contributed by atoms with Gasteiger partial charge in [0.15, 0.2) is 17.3 Å². The highest BCUT2D eigenvalue weighted by Gasteiger charge is 2.50. The molecule has 0 bridgehead atoms. The Balaban J connectivity index is 1.97. The number of ketones is 1. The van der Waals surface area contributed by atoms with Crippen LogP contribution in [0.2, 0.25) is 0 Å². The first kappa shape index (κ1) is 20.5. The molecule has 31 heavy (non-hydrogen) atoms. The maximum atomic E-state index is 14.3. The first-order valence-corrected chi connectivity index (χ1v) is 9.86. The number of aryl methyl sites for hydroxylation is 1. The molecule has 2 N–H and O–H groups in total. The van der Waals surface area contributed by atoms with Gasteiger partial charge in [-0.1, -0.05) is 18.2 Å². The maximum Gasteiger partial charge on any atom is 0.266 e. The van der Waals surface area contributed by atoms with Crippen LogP contribution in [0, 0.1) is 5.95 Å². The molecule has 2 aromatic heterocycles. The molecule has 0 spiro atoms. The molecule has 1 aromatic carbocycles. The number of hydrogen-bond donors (Lipinski definition) is 1. The summed E-state index contributed by atoms with van der Waals surface area (Å²) in [6.45, 7) is 3.94. The van der Waals surface area contributed by atoms with E-state index in [9.17, 15) is 14.0 Å². The number of rotatable bonds is 5. The highest BCUT2D eigenvalue weighted by molar-refractivity contribution is 6.09. The zero-order chi connectivity index (χ0) is 22.3. The summed E-state index contributed by atoms with van der Waals surface area (Å²) in [6, 6.07) is 11.9. The quantitative estimate of drug-likeness (QED) is 0.508. The van der Waals surface area contributed by atoms with Crippen LogP contribution in [0.1, 0.15) is 35.5 Å². The van der Waals surface area contributed by atoms with Gasteiger partial charge in [-0.3, -0.25) is 14.5 Å². The molecule has 0 aliphatic carbocycles. The van der Waals surface area contributed by atoms with E-state index in [1.54, 1.807) is 60.3 Å². The minimum Gasteiger partial charge on any atom is -0.369 e. The molecule has 3 heterocycles. The summed E-state index contributed by atoms with van der Waals surface area (Å²) < 4.78 is 16.1. The molecule has 158 valence electrons. The Morgan fingerprint density at radius 2 is 1.97 bits per heavy atom. The number of aromatic nitrogens is 2. The summed E-state index contributed by atoms with van der Waals surface area (Å²) in [5.41, 5.74) is 6.96. The molecular weight excluding hydrogens is 397 g/mol. The molecule has 0 radical (unpaired) electrons. The number of Topliss-reactive ketones (excluding diaryl/α,β-unsaturated/α-hetero) is 1. The average Bonchev–Trinajstić information content (AvgIpc) is 3.30. The average molecular weight is 419 g/mol. The molecule has 1 unspecified atom stereocenters. The second-order valence-corrected chi connectivity index (χ2v) is 7.42. The number of likely N-dealkylation sites (N-methyl/N-ethyl adjacent to an activating group) is 1. The van der Waals surface area contributed by atoms with Gasteiger partial charge in [0.1, 0.15) is 0 Å². The summed E-state index contributed by atoms with van der Waals surface area (Å²) in [6.07, 6.45) is 3.13. The topological polar surface area (TPSA) is 93.6 Å². The van der Waals surface area contributed by atoms with Crippen molar-refractivity contribution in [1.29, 1.82) is 0 Å². The van der Waals surface area contributed by atoms with Gasteiger partial charge in [0.2, 0.25) is 5.95 Å². The van der Waals surface area contributed by atoms with Crippen LogP contribution in [-0.2, 0) is 16.9 Å². The van der Waals surface area contributed by atoms with Crippen molar-refractivity contribution in [3.63, 3.8) is 0 Å². The van der Waals surface area contributed by atoms with Gasteiger partial charge < -0.3 is 10.3 Å². The number of aliphatic imine (C=N–C) groups is 1. The number of amides is 1. The fraction of sp³-hybridized carbons (Fsp3) is 0.217. The van der Waals surface area contributed by atoms with Crippen LogP contribution in [0.25, 0.3) is 11.1 Å². The van der Waals surface area contributed by atoms with E-state index in [0.29, 0.717) is 34.5 Å². The van der Waals surface area contributed by atoms with Gasteiger partial charge in [0, 0.05) is 44.0 Å². The molecule has 0 saturated heterocycles. The fourth-order valence-corrected chi connectivity index (χ4v) is 3.97. The third kappa shape index (κ3) is 3.11. The molecule has 0 fully saturated rings. The largest absolute Gasteiger partial charge is 0.369 e. The van der Waals surface area contributed by atoms with E-state index >= 15 is 0 Å². The first-order chi connectivity index (χ1) is 14.8. The minimum absolute atomic E-state index is 0.0663. The van der Waals surface area contributed by atoms with E-state index in [4.69, 9.17) is 5.73 Å². The zero-order valence-corrected chi connectivity index (χ0v) is 17.5. The van der Waals surface area contributed by atoms with Crippen molar-refractivity contribution in [3.8, 4) is 11.1 Å². The zero-order valence-electron chi connectivity index (χ0n) is 17.5. The normalized spacial score (nSPS) is 18.4. The highest BCUT2D eigenvalue weighted by atomic mass is 19.1. The van der Waals surface area contributed by atoms with E-state index in [1.165, 1.54) is 18.0 Å². The fourth-order valence-electron chi connectivity index (χ4n) is 3.97. The number of hydrogen-bond acceptors (Lipinski definition) is 5. The van der Waals surface area contributed by atoms with E-state index in [0.717, 1.165) is 0 Å². The van der Waals surface area contributed by atoms with Gasteiger partial charge in [-0.15, -0.1) is 0 Å². The number of benzene rings is 1. The second-order valence-electron chi connectivity index (χ2n) is 7.42. The van der Waals surface area contributed by atoms with Crippen LogP contribution >= 0.6 is 0 Å². The van der Waals surface area contributed by atoms with Crippen LogP contribution in [0.15, 0.2) is 59.9 Å². The summed E-state index contributed by atoms with van der Waals surface area (Å²) in [5, 5.41) is 0.